The van der Waals surface area contributed by atoms with Gasteiger partial charge in [0.05, 0.1) is 0 Å². The van der Waals surface area contributed by atoms with Crippen LogP contribution in [0, 0.1) is 3.57 Å². The van der Waals surface area contributed by atoms with Crippen molar-refractivity contribution >= 4 is 39.2 Å². The quantitative estimate of drug-likeness (QED) is 0.747. The summed E-state index contributed by atoms with van der Waals surface area (Å²) in [6.45, 7) is 0. The number of hydrogen-bond donors (Lipinski definition) is 1. The van der Waals surface area contributed by atoms with E-state index in [1.807, 2.05) is 24.4 Å². The second kappa shape index (κ2) is 2.90. The van der Waals surface area contributed by atoms with Crippen LogP contribution in [-0.2, 0) is 0 Å². The van der Waals surface area contributed by atoms with E-state index in [1.165, 1.54) is 3.57 Å². The third-order valence-electron chi connectivity index (χ3n) is 1.73. The number of fused-ring (bicyclic) bond motifs is 1. The Morgan fingerprint density at radius 1 is 1.33 bits per heavy atom. The predicted octanol–water partition coefficient (Wildman–Crippen LogP) is 2.42. The lowest BCUT2D eigenvalue weighted by Crippen LogP contribution is -1.89. The fourth-order valence-corrected chi connectivity index (χ4v) is 1.81. The minimum atomic E-state index is 0.574. The van der Waals surface area contributed by atoms with E-state index in [-0.39, 0.29) is 0 Å². The topological polar surface area (TPSA) is 38.9 Å². The highest BCUT2D eigenvalue weighted by Gasteiger charge is 1.97. The van der Waals surface area contributed by atoms with Gasteiger partial charge in [-0.25, -0.2) is 4.98 Å². The van der Waals surface area contributed by atoms with Crippen LogP contribution in [0.4, 0.5) is 5.82 Å². The minimum Gasteiger partial charge on any atom is -0.384 e. The van der Waals surface area contributed by atoms with Gasteiger partial charge in [-0.05, 0) is 40.1 Å². The van der Waals surface area contributed by atoms with E-state index < -0.39 is 0 Å². The number of nitrogen functional groups attached to an aromatic ring is 1. The maximum Gasteiger partial charge on any atom is 0.123 e. The van der Waals surface area contributed by atoms with Crippen LogP contribution in [0.1, 0.15) is 0 Å². The molecule has 0 amide bonds. The summed E-state index contributed by atoms with van der Waals surface area (Å²) in [5, 5.41) is 2.31. The fourth-order valence-electron chi connectivity index (χ4n) is 1.15. The third kappa shape index (κ3) is 1.24. The highest BCUT2D eigenvalue weighted by Crippen LogP contribution is 2.20. The van der Waals surface area contributed by atoms with Gasteiger partial charge in [0.25, 0.3) is 0 Å². The van der Waals surface area contributed by atoms with Gasteiger partial charge in [0, 0.05) is 15.2 Å². The zero-order valence-electron chi connectivity index (χ0n) is 6.29. The molecule has 0 unspecified atom stereocenters. The summed E-state index contributed by atoms with van der Waals surface area (Å²) in [7, 11) is 0. The van der Waals surface area contributed by atoms with Crippen molar-refractivity contribution in [2.24, 2.45) is 0 Å². The Morgan fingerprint density at radius 3 is 3.00 bits per heavy atom. The molecule has 0 aliphatic rings. The van der Waals surface area contributed by atoms with Crippen LogP contribution in [0.2, 0.25) is 0 Å². The zero-order chi connectivity index (χ0) is 8.55. The molecule has 3 heteroatoms. The molecule has 0 spiro atoms. The van der Waals surface area contributed by atoms with Gasteiger partial charge in [-0.2, -0.15) is 0 Å². The molecular formula is C9H7IN2. The number of halogens is 1. The molecule has 0 fully saturated rings. The van der Waals surface area contributed by atoms with E-state index in [0.717, 1.165) is 10.8 Å². The highest BCUT2D eigenvalue weighted by molar-refractivity contribution is 14.1. The number of rotatable bonds is 0. The SMILES string of the molecule is Nc1cc2cccc(I)c2cn1. The molecule has 0 radical (unpaired) electrons. The second-order valence-corrected chi connectivity index (χ2v) is 3.73. The molecule has 2 aromatic rings. The molecule has 1 aromatic carbocycles. The largest absolute Gasteiger partial charge is 0.384 e. The van der Waals surface area contributed by atoms with Crippen LogP contribution in [-0.4, -0.2) is 4.98 Å². The van der Waals surface area contributed by atoms with Crippen LogP contribution in [0.3, 0.4) is 0 Å². The lowest BCUT2D eigenvalue weighted by atomic mass is 10.2. The Morgan fingerprint density at radius 2 is 2.17 bits per heavy atom. The van der Waals surface area contributed by atoms with E-state index in [9.17, 15) is 0 Å². The molecule has 0 atom stereocenters. The van der Waals surface area contributed by atoms with Crippen molar-refractivity contribution in [1.82, 2.24) is 4.98 Å². The van der Waals surface area contributed by atoms with E-state index in [0.29, 0.717) is 5.82 Å². The second-order valence-electron chi connectivity index (χ2n) is 2.57. The first-order chi connectivity index (χ1) is 5.77. The van der Waals surface area contributed by atoms with Crippen molar-refractivity contribution in [3.05, 3.63) is 34.0 Å². The Kier molecular flexibility index (Phi) is 1.88. The number of anilines is 1. The van der Waals surface area contributed by atoms with Gasteiger partial charge in [0.1, 0.15) is 5.82 Å². The van der Waals surface area contributed by atoms with Crippen molar-refractivity contribution in [1.29, 1.82) is 0 Å². The van der Waals surface area contributed by atoms with E-state index in [4.69, 9.17) is 5.73 Å². The number of nitrogens with two attached hydrogens (primary N) is 1. The van der Waals surface area contributed by atoms with Crippen LogP contribution in [0.15, 0.2) is 30.5 Å². The average Bonchev–Trinajstić information content (AvgIpc) is 2.04. The van der Waals surface area contributed by atoms with Gasteiger partial charge < -0.3 is 5.73 Å². The summed E-state index contributed by atoms with van der Waals surface area (Å²) in [6.07, 6.45) is 1.81. The standard InChI is InChI=1S/C9H7IN2/c10-8-3-1-2-6-4-9(11)12-5-7(6)8/h1-5H,(H2,11,12). The Labute approximate surface area is 83.9 Å². The molecule has 2 N–H and O–H groups in total. The maximum absolute atomic E-state index is 5.56. The molecular weight excluding hydrogens is 263 g/mol. The first-order valence-corrected chi connectivity index (χ1v) is 4.65. The Bertz CT molecular complexity index is 426. The molecule has 2 rings (SSSR count). The fraction of sp³-hybridized carbons (Fsp3) is 0. The number of pyridine rings is 1. The summed E-state index contributed by atoms with van der Waals surface area (Å²) in [5.74, 6) is 0.574. The summed E-state index contributed by atoms with van der Waals surface area (Å²) in [6, 6.07) is 8.00. The maximum atomic E-state index is 5.56. The van der Waals surface area contributed by atoms with E-state index in [2.05, 4.69) is 33.6 Å². The van der Waals surface area contributed by atoms with Crippen molar-refractivity contribution in [2.45, 2.75) is 0 Å². The van der Waals surface area contributed by atoms with Crippen LogP contribution in [0.25, 0.3) is 10.8 Å². The number of aromatic nitrogens is 1. The summed E-state index contributed by atoms with van der Waals surface area (Å²) in [5.41, 5.74) is 5.56. The molecule has 12 heavy (non-hydrogen) atoms. The predicted molar refractivity (Wildman–Crippen MR) is 58.9 cm³/mol. The molecule has 0 saturated carbocycles. The van der Waals surface area contributed by atoms with E-state index in [1.54, 1.807) is 0 Å². The first kappa shape index (κ1) is 7.79. The third-order valence-corrected chi connectivity index (χ3v) is 2.67. The van der Waals surface area contributed by atoms with Crippen LogP contribution < -0.4 is 5.73 Å². The molecule has 1 aromatic heterocycles. The zero-order valence-corrected chi connectivity index (χ0v) is 8.45. The Hall–Kier alpha value is -0.840. The molecule has 2 nitrogen and oxygen atoms in total. The minimum absolute atomic E-state index is 0.574. The summed E-state index contributed by atoms with van der Waals surface area (Å²) >= 11 is 2.29. The normalized spacial score (nSPS) is 10.4. The smallest absolute Gasteiger partial charge is 0.123 e. The monoisotopic (exact) mass is 270 g/mol. The van der Waals surface area contributed by atoms with Gasteiger partial charge >= 0.3 is 0 Å². The summed E-state index contributed by atoms with van der Waals surface area (Å²) < 4.78 is 1.21. The van der Waals surface area contributed by atoms with E-state index >= 15 is 0 Å². The van der Waals surface area contributed by atoms with Gasteiger partial charge in [-0.1, -0.05) is 12.1 Å². The van der Waals surface area contributed by atoms with Gasteiger partial charge in [0.15, 0.2) is 0 Å². The lowest BCUT2D eigenvalue weighted by molar-refractivity contribution is 1.37. The van der Waals surface area contributed by atoms with Crippen molar-refractivity contribution < 1.29 is 0 Å². The van der Waals surface area contributed by atoms with Crippen molar-refractivity contribution in [2.75, 3.05) is 5.73 Å². The van der Waals surface area contributed by atoms with Gasteiger partial charge in [-0.3, -0.25) is 0 Å². The molecule has 0 aliphatic carbocycles. The molecule has 0 aliphatic heterocycles. The highest BCUT2D eigenvalue weighted by atomic mass is 127. The average molecular weight is 270 g/mol. The lowest BCUT2D eigenvalue weighted by Gasteiger charge is -1.99. The summed E-state index contributed by atoms with van der Waals surface area (Å²) in [4.78, 5) is 4.04. The van der Waals surface area contributed by atoms with Gasteiger partial charge in [0.2, 0.25) is 0 Å². The Balaban J connectivity index is 2.86. The number of benzene rings is 1. The molecule has 0 bridgehead atoms. The number of nitrogens with zero attached hydrogens (tertiary/aromatic N) is 1. The molecule has 1 heterocycles. The van der Waals surface area contributed by atoms with Crippen LogP contribution in [0.5, 0.6) is 0 Å². The molecule has 0 saturated heterocycles. The van der Waals surface area contributed by atoms with Gasteiger partial charge in [-0.15, -0.1) is 0 Å². The van der Waals surface area contributed by atoms with Crippen molar-refractivity contribution in [3.63, 3.8) is 0 Å². The van der Waals surface area contributed by atoms with Crippen molar-refractivity contribution in [3.8, 4) is 0 Å². The molecule has 60 valence electrons. The van der Waals surface area contributed by atoms with Crippen LogP contribution >= 0.6 is 22.6 Å². The number of hydrogen-bond acceptors (Lipinski definition) is 2. The first-order valence-electron chi connectivity index (χ1n) is 3.57.